The first-order valence-electron chi connectivity index (χ1n) is 10.6. The zero-order chi connectivity index (χ0) is 23.0. The number of hydrogen-bond donors (Lipinski definition) is 1. The molecule has 0 aliphatic carbocycles. The summed E-state index contributed by atoms with van der Waals surface area (Å²) in [5.74, 6) is -0.358. The Bertz CT molecular complexity index is 1220. The number of rotatable bonds is 4. The van der Waals surface area contributed by atoms with Crippen LogP contribution in [0.4, 0.5) is 17.1 Å². The number of amides is 2. The Labute approximate surface area is 192 Å². The molecule has 3 aromatic rings. The lowest BCUT2D eigenvalue weighted by Gasteiger charge is -2.23. The smallest absolute Gasteiger partial charge is 0.244 e. The van der Waals surface area contributed by atoms with E-state index in [-0.39, 0.29) is 24.8 Å². The highest BCUT2D eigenvalue weighted by molar-refractivity contribution is 7.12. The van der Waals surface area contributed by atoms with Gasteiger partial charge in [-0.2, -0.15) is 0 Å². The van der Waals surface area contributed by atoms with Crippen molar-refractivity contribution in [2.45, 2.75) is 41.0 Å². The number of carbonyl (C=O) groups excluding carboxylic acids is 2. The highest BCUT2D eigenvalue weighted by atomic mass is 32.1. The van der Waals surface area contributed by atoms with Gasteiger partial charge in [-0.25, -0.2) is 4.99 Å². The molecule has 1 N–H and O–H groups in total. The SMILES string of the molecule is Cc1cc(C)c(NC(=O)CN2C(=O)CC(c3cccs3)=Nc3cc(C)c(C)cc32)c(C)c1. The highest BCUT2D eigenvalue weighted by Gasteiger charge is 2.28. The topological polar surface area (TPSA) is 61.8 Å². The number of aliphatic imine (C=N–C) groups is 1. The monoisotopic (exact) mass is 445 g/mol. The third kappa shape index (κ3) is 4.36. The number of fused-ring (bicyclic) bond motifs is 1. The van der Waals surface area contributed by atoms with Crippen molar-refractivity contribution in [1.82, 2.24) is 0 Å². The lowest BCUT2D eigenvalue weighted by Crippen LogP contribution is -2.38. The van der Waals surface area contributed by atoms with Crippen LogP contribution in [-0.2, 0) is 9.59 Å². The van der Waals surface area contributed by atoms with Crippen molar-refractivity contribution in [3.63, 3.8) is 0 Å². The van der Waals surface area contributed by atoms with Crippen molar-refractivity contribution in [2.75, 3.05) is 16.8 Å². The Morgan fingerprint density at radius 3 is 2.38 bits per heavy atom. The molecule has 4 rings (SSSR count). The van der Waals surface area contributed by atoms with Crippen molar-refractivity contribution in [3.05, 3.63) is 74.5 Å². The van der Waals surface area contributed by atoms with Crippen molar-refractivity contribution in [1.29, 1.82) is 0 Å². The van der Waals surface area contributed by atoms with E-state index in [1.165, 1.54) is 0 Å². The predicted molar refractivity (Wildman–Crippen MR) is 133 cm³/mol. The van der Waals surface area contributed by atoms with Crippen LogP contribution in [-0.4, -0.2) is 24.1 Å². The molecular formula is C26H27N3O2S. The molecule has 0 fully saturated rings. The van der Waals surface area contributed by atoms with Gasteiger partial charge in [0.1, 0.15) is 6.54 Å². The normalized spacial score (nSPS) is 13.5. The molecule has 5 nitrogen and oxygen atoms in total. The molecule has 0 saturated carbocycles. The van der Waals surface area contributed by atoms with E-state index in [1.807, 2.05) is 76.4 Å². The fourth-order valence-electron chi connectivity index (χ4n) is 4.11. The minimum absolute atomic E-state index is 0.0612. The number of benzene rings is 2. The van der Waals surface area contributed by atoms with Gasteiger partial charge in [0.25, 0.3) is 0 Å². The minimum atomic E-state index is -0.225. The van der Waals surface area contributed by atoms with Gasteiger partial charge in [-0.05, 0) is 80.5 Å². The molecule has 0 bridgehead atoms. The summed E-state index contributed by atoms with van der Waals surface area (Å²) in [4.78, 5) is 33.8. The van der Waals surface area contributed by atoms with Crippen molar-refractivity contribution in [3.8, 4) is 0 Å². The second-order valence-corrected chi connectivity index (χ2v) is 9.39. The van der Waals surface area contributed by atoms with Crippen LogP contribution in [0.5, 0.6) is 0 Å². The van der Waals surface area contributed by atoms with Gasteiger partial charge < -0.3 is 10.2 Å². The molecular weight excluding hydrogens is 418 g/mol. The maximum Gasteiger partial charge on any atom is 0.244 e. The van der Waals surface area contributed by atoms with Crippen molar-refractivity contribution >= 4 is 45.9 Å². The molecule has 2 aromatic carbocycles. The van der Waals surface area contributed by atoms with Gasteiger partial charge >= 0.3 is 0 Å². The molecule has 0 unspecified atom stereocenters. The third-order valence-electron chi connectivity index (χ3n) is 5.81. The quantitative estimate of drug-likeness (QED) is 0.553. The van der Waals surface area contributed by atoms with Crippen LogP contribution in [0.25, 0.3) is 0 Å². The average molecular weight is 446 g/mol. The van der Waals surface area contributed by atoms with E-state index in [0.29, 0.717) is 5.69 Å². The number of nitrogens with zero attached hydrogens (tertiary/aromatic N) is 2. The number of carbonyl (C=O) groups is 2. The lowest BCUT2D eigenvalue weighted by molar-refractivity contribution is -0.120. The molecule has 6 heteroatoms. The third-order valence-corrected chi connectivity index (χ3v) is 6.72. The Morgan fingerprint density at radius 2 is 1.72 bits per heavy atom. The number of aryl methyl sites for hydroxylation is 5. The summed E-state index contributed by atoms with van der Waals surface area (Å²) in [6.07, 6.45) is 0.156. The molecule has 2 amide bonds. The number of thiophene rings is 1. The summed E-state index contributed by atoms with van der Waals surface area (Å²) < 4.78 is 0. The summed E-state index contributed by atoms with van der Waals surface area (Å²) in [6, 6.07) is 12.0. The minimum Gasteiger partial charge on any atom is -0.324 e. The van der Waals surface area contributed by atoms with Gasteiger partial charge in [0.05, 0.1) is 23.5 Å². The summed E-state index contributed by atoms with van der Waals surface area (Å²) in [5.41, 5.74) is 8.26. The van der Waals surface area contributed by atoms with Crippen molar-refractivity contribution in [2.24, 2.45) is 4.99 Å². The zero-order valence-corrected chi connectivity index (χ0v) is 19.9. The zero-order valence-electron chi connectivity index (χ0n) is 19.1. The lowest BCUT2D eigenvalue weighted by atomic mass is 10.0. The van der Waals surface area contributed by atoms with Gasteiger partial charge in [0.2, 0.25) is 11.8 Å². The van der Waals surface area contributed by atoms with Crippen LogP contribution in [0, 0.1) is 34.6 Å². The Balaban J connectivity index is 1.67. The largest absolute Gasteiger partial charge is 0.324 e. The molecule has 0 spiro atoms. The van der Waals surface area contributed by atoms with E-state index < -0.39 is 0 Å². The maximum absolute atomic E-state index is 13.3. The van der Waals surface area contributed by atoms with Gasteiger partial charge in [-0.1, -0.05) is 23.8 Å². The summed E-state index contributed by atoms with van der Waals surface area (Å²) in [7, 11) is 0. The molecule has 1 aliphatic heterocycles. The number of anilines is 2. The van der Waals surface area contributed by atoms with E-state index in [0.717, 1.165) is 49.8 Å². The Kier molecular flexibility index (Phi) is 5.98. The molecule has 1 aromatic heterocycles. The van der Waals surface area contributed by atoms with E-state index >= 15 is 0 Å². The van der Waals surface area contributed by atoms with E-state index in [4.69, 9.17) is 4.99 Å². The first-order chi connectivity index (χ1) is 15.2. The van der Waals surface area contributed by atoms with Crippen LogP contribution in [0.2, 0.25) is 0 Å². The van der Waals surface area contributed by atoms with Crippen LogP contribution in [0.15, 0.2) is 46.8 Å². The van der Waals surface area contributed by atoms with Crippen LogP contribution < -0.4 is 10.2 Å². The fraction of sp³-hybridized carbons (Fsp3) is 0.269. The summed E-state index contributed by atoms with van der Waals surface area (Å²) >= 11 is 1.56. The van der Waals surface area contributed by atoms with Crippen LogP contribution >= 0.6 is 11.3 Å². The average Bonchev–Trinajstić information content (AvgIpc) is 3.22. The van der Waals surface area contributed by atoms with E-state index in [1.54, 1.807) is 16.2 Å². The fourth-order valence-corrected chi connectivity index (χ4v) is 4.82. The molecule has 1 aliphatic rings. The van der Waals surface area contributed by atoms with Gasteiger partial charge in [-0.15, -0.1) is 11.3 Å². The van der Waals surface area contributed by atoms with Crippen LogP contribution in [0.1, 0.15) is 39.1 Å². The second kappa shape index (κ2) is 8.71. The van der Waals surface area contributed by atoms with Crippen LogP contribution in [0.3, 0.4) is 0 Å². The standard InChI is InChI=1S/C26H27N3O2S/c1-15-9-18(4)26(19(5)10-15)28-24(30)14-29-22-12-17(3)16(2)11-20(22)27-21(13-25(29)31)23-7-6-8-32-23/h6-12H,13-14H2,1-5H3,(H,28,30). The van der Waals surface area contributed by atoms with Gasteiger partial charge in [0, 0.05) is 10.6 Å². The summed E-state index contributed by atoms with van der Waals surface area (Å²) in [5, 5.41) is 5.00. The molecule has 32 heavy (non-hydrogen) atoms. The second-order valence-electron chi connectivity index (χ2n) is 8.44. The highest BCUT2D eigenvalue weighted by Crippen LogP contribution is 2.36. The van der Waals surface area contributed by atoms with E-state index in [2.05, 4.69) is 5.32 Å². The molecule has 0 saturated heterocycles. The van der Waals surface area contributed by atoms with Gasteiger partial charge in [0.15, 0.2) is 0 Å². The maximum atomic E-state index is 13.3. The molecule has 0 radical (unpaired) electrons. The molecule has 2 heterocycles. The first kappa shape index (κ1) is 22.0. The van der Waals surface area contributed by atoms with Crippen molar-refractivity contribution < 1.29 is 9.59 Å². The first-order valence-corrected chi connectivity index (χ1v) is 11.5. The van der Waals surface area contributed by atoms with Gasteiger partial charge in [-0.3, -0.25) is 9.59 Å². The van der Waals surface area contributed by atoms with E-state index in [9.17, 15) is 9.59 Å². The Morgan fingerprint density at radius 1 is 1.03 bits per heavy atom. The summed E-state index contributed by atoms with van der Waals surface area (Å²) in [6.45, 7) is 9.97. The Hall–Kier alpha value is -3.25. The predicted octanol–water partition coefficient (Wildman–Crippen LogP) is 5.79. The number of nitrogens with one attached hydrogen (secondary N) is 1. The molecule has 164 valence electrons. The molecule has 0 atom stereocenters. The number of hydrogen-bond acceptors (Lipinski definition) is 4.